The largest absolute Gasteiger partial charge is 0.327 e. The number of carbonyl (C=O) groups excluding carboxylic acids is 1. The number of carbonyl (C=O) groups is 1. The van der Waals surface area contributed by atoms with Gasteiger partial charge in [0.25, 0.3) is 11.6 Å². The van der Waals surface area contributed by atoms with Gasteiger partial charge in [-0.15, -0.1) is 0 Å². The van der Waals surface area contributed by atoms with Crippen LogP contribution in [0.4, 0.5) is 14.5 Å². The van der Waals surface area contributed by atoms with Gasteiger partial charge in [0.15, 0.2) is 9.84 Å². The fraction of sp³-hybridized carbons (Fsp3) is 0.208. The molecule has 0 fully saturated rings. The molecule has 0 aromatic heterocycles. The van der Waals surface area contributed by atoms with Crippen LogP contribution in [0.2, 0.25) is 0 Å². The molecule has 0 saturated carbocycles. The highest BCUT2D eigenvalue weighted by Crippen LogP contribution is 2.30. The zero-order chi connectivity index (χ0) is 25.0. The van der Waals surface area contributed by atoms with E-state index in [1.807, 2.05) is 0 Å². The summed E-state index contributed by atoms with van der Waals surface area (Å²) in [4.78, 5) is 25.3. The predicted octanol–water partition coefficient (Wildman–Crippen LogP) is 5.07. The van der Waals surface area contributed by atoms with Crippen LogP contribution in [0, 0.1) is 21.7 Å². The molecule has 1 atom stereocenters. The molecular formula is C24H22F2N2O5S. The molecule has 1 amide bonds. The molecule has 0 spiro atoms. The highest BCUT2D eigenvalue weighted by molar-refractivity contribution is 7.90. The minimum absolute atomic E-state index is 0.0661. The highest BCUT2D eigenvalue weighted by atomic mass is 32.2. The standard InChI is InChI=1S/C24H22F2N2O5S/c1-3-23(17-7-9-19(25)10-8-17)27(15-16-5-4-6-20(26)11-16)24(29)18-12-21(28(30)31)14-22(13-18)34(2,32)33/h4-14,23H,3,15H2,1-2H3. The Labute approximate surface area is 195 Å². The second-order valence-corrected chi connectivity index (χ2v) is 9.80. The number of nitro groups is 1. The van der Waals surface area contributed by atoms with E-state index in [4.69, 9.17) is 0 Å². The molecule has 3 aromatic rings. The van der Waals surface area contributed by atoms with E-state index in [2.05, 4.69) is 0 Å². The van der Waals surface area contributed by atoms with Crippen molar-refractivity contribution < 1.29 is 26.9 Å². The van der Waals surface area contributed by atoms with Gasteiger partial charge in [0, 0.05) is 30.5 Å². The van der Waals surface area contributed by atoms with E-state index < -0.39 is 44.0 Å². The molecule has 3 aromatic carbocycles. The smallest absolute Gasteiger partial charge is 0.271 e. The lowest BCUT2D eigenvalue weighted by atomic mass is 10.00. The normalized spacial score (nSPS) is 12.2. The summed E-state index contributed by atoms with van der Waals surface area (Å²) in [6, 6.07) is 13.5. The summed E-state index contributed by atoms with van der Waals surface area (Å²) in [5.74, 6) is -1.65. The maximum absolute atomic E-state index is 13.8. The number of halogens is 2. The van der Waals surface area contributed by atoms with E-state index in [0.29, 0.717) is 17.5 Å². The first-order valence-corrected chi connectivity index (χ1v) is 12.2. The second-order valence-electron chi connectivity index (χ2n) is 7.78. The molecule has 0 aliphatic rings. The Bertz CT molecular complexity index is 1330. The van der Waals surface area contributed by atoms with E-state index in [0.717, 1.165) is 24.5 Å². The number of sulfone groups is 1. The number of non-ortho nitro benzene ring substituents is 1. The maximum Gasteiger partial charge on any atom is 0.271 e. The fourth-order valence-corrected chi connectivity index (χ4v) is 4.34. The van der Waals surface area contributed by atoms with Gasteiger partial charge < -0.3 is 4.90 Å². The highest BCUT2D eigenvalue weighted by Gasteiger charge is 2.28. The van der Waals surface area contributed by atoms with Crippen LogP contribution in [0.1, 0.15) is 40.9 Å². The summed E-state index contributed by atoms with van der Waals surface area (Å²) < 4.78 is 51.5. The molecule has 0 aliphatic carbocycles. The average Bonchev–Trinajstić information content (AvgIpc) is 2.78. The Morgan fingerprint density at radius 3 is 2.26 bits per heavy atom. The summed E-state index contributed by atoms with van der Waals surface area (Å²) >= 11 is 0. The van der Waals surface area contributed by atoms with Gasteiger partial charge in [0.05, 0.1) is 15.9 Å². The summed E-state index contributed by atoms with van der Waals surface area (Å²) in [5.41, 5.74) is 0.309. The van der Waals surface area contributed by atoms with Gasteiger partial charge in [0.1, 0.15) is 11.6 Å². The minimum Gasteiger partial charge on any atom is -0.327 e. The predicted molar refractivity (Wildman–Crippen MR) is 122 cm³/mol. The second kappa shape index (κ2) is 10.1. The third-order valence-electron chi connectivity index (χ3n) is 5.30. The van der Waals surface area contributed by atoms with Crippen LogP contribution in [0.25, 0.3) is 0 Å². The molecule has 0 radical (unpaired) electrons. The van der Waals surface area contributed by atoms with Gasteiger partial charge in [-0.05, 0) is 47.9 Å². The third-order valence-corrected chi connectivity index (χ3v) is 6.39. The lowest BCUT2D eigenvalue weighted by Gasteiger charge is -2.32. The Morgan fingerprint density at radius 1 is 1.03 bits per heavy atom. The van der Waals surface area contributed by atoms with Gasteiger partial charge in [-0.25, -0.2) is 17.2 Å². The van der Waals surface area contributed by atoms with E-state index in [9.17, 15) is 32.1 Å². The summed E-state index contributed by atoms with van der Waals surface area (Å²) in [6.07, 6.45) is 1.28. The molecule has 0 saturated heterocycles. The molecule has 178 valence electrons. The summed E-state index contributed by atoms with van der Waals surface area (Å²) in [7, 11) is -3.85. The number of hydrogen-bond donors (Lipinski definition) is 0. The Balaban J connectivity index is 2.15. The average molecular weight is 489 g/mol. The van der Waals surface area contributed by atoms with Crippen molar-refractivity contribution in [2.75, 3.05) is 6.26 Å². The first-order valence-electron chi connectivity index (χ1n) is 10.3. The Kier molecular flexibility index (Phi) is 7.41. The monoisotopic (exact) mass is 488 g/mol. The van der Waals surface area contributed by atoms with Crippen LogP contribution in [0.3, 0.4) is 0 Å². The maximum atomic E-state index is 13.8. The molecule has 0 N–H and O–H groups in total. The van der Waals surface area contributed by atoms with Crippen LogP contribution in [-0.4, -0.2) is 30.4 Å². The van der Waals surface area contributed by atoms with Crippen LogP contribution >= 0.6 is 0 Å². The quantitative estimate of drug-likeness (QED) is 0.326. The van der Waals surface area contributed by atoms with Gasteiger partial charge in [-0.1, -0.05) is 31.2 Å². The number of hydrogen-bond acceptors (Lipinski definition) is 5. The van der Waals surface area contributed by atoms with Crippen molar-refractivity contribution >= 4 is 21.4 Å². The van der Waals surface area contributed by atoms with Crippen LogP contribution in [-0.2, 0) is 16.4 Å². The Morgan fingerprint density at radius 2 is 1.71 bits per heavy atom. The number of amides is 1. The van der Waals surface area contributed by atoms with Crippen molar-refractivity contribution in [3.63, 3.8) is 0 Å². The van der Waals surface area contributed by atoms with Gasteiger partial charge in [0.2, 0.25) is 0 Å². The fourth-order valence-electron chi connectivity index (χ4n) is 3.67. The third kappa shape index (κ3) is 5.82. The number of nitro benzene ring substituents is 1. The molecule has 0 bridgehead atoms. The lowest BCUT2D eigenvalue weighted by molar-refractivity contribution is -0.385. The molecule has 7 nitrogen and oxygen atoms in total. The zero-order valence-electron chi connectivity index (χ0n) is 18.4. The molecular weight excluding hydrogens is 466 g/mol. The van der Waals surface area contributed by atoms with Crippen molar-refractivity contribution in [3.05, 3.63) is 105 Å². The van der Waals surface area contributed by atoms with Crippen molar-refractivity contribution in [3.8, 4) is 0 Å². The topological polar surface area (TPSA) is 97.6 Å². The van der Waals surface area contributed by atoms with Crippen molar-refractivity contribution in [1.29, 1.82) is 0 Å². The van der Waals surface area contributed by atoms with E-state index in [-0.39, 0.29) is 17.0 Å². The van der Waals surface area contributed by atoms with E-state index in [1.54, 1.807) is 13.0 Å². The van der Waals surface area contributed by atoms with Gasteiger partial charge in [-0.3, -0.25) is 14.9 Å². The number of benzene rings is 3. The van der Waals surface area contributed by atoms with Crippen LogP contribution < -0.4 is 0 Å². The van der Waals surface area contributed by atoms with Gasteiger partial charge in [-0.2, -0.15) is 0 Å². The summed E-state index contributed by atoms with van der Waals surface area (Å²) in [5, 5.41) is 11.4. The Hall–Kier alpha value is -3.66. The number of nitrogens with zero attached hydrogens (tertiary/aromatic N) is 2. The minimum atomic E-state index is -3.85. The van der Waals surface area contributed by atoms with Crippen molar-refractivity contribution in [1.82, 2.24) is 4.90 Å². The molecule has 34 heavy (non-hydrogen) atoms. The molecule has 0 aliphatic heterocycles. The SMILES string of the molecule is CCC(c1ccc(F)cc1)N(Cc1cccc(F)c1)C(=O)c1cc([N+](=O)[O-])cc(S(C)(=O)=O)c1. The molecule has 1 unspecified atom stereocenters. The van der Waals surface area contributed by atoms with Crippen molar-refractivity contribution in [2.24, 2.45) is 0 Å². The molecule has 0 heterocycles. The zero-order valence-corrected chi connectivity index (χ0v) is 19.3. The first-order chi connectivity index (χ1) is 16.0. The first kappa shape index (κ1) is 25.0. The number of rotatable bonds is 8. The molecule has 3 rings (SSSR count). The summed E-state index contributed by atoms with van der Waals surface area (Å²) in [6.45, 7) is 1.73. The lowest BCUT2D eigenvalue weighted by Crippen LogP contribution is -2.34. The van der Waals surface area contributed by atoms with E-state index >= 15 is 0 Å². The van der Waals surface area contributed by atoms with Crippen LogP contribution in [0.5, 0.6) is 0 Å². The van der Waals surface area contributed by atoms with Crippen molar-refractivity contribution in [2.45, 2.75) is 30.8 Å². The van der Waals surface area contributed by atoms with E-state index in [1.165, 1.54) is 47.4 Å². The van der Waals surface area contributed by atoms with Gasteiger partial charge >= 0.3 is 0 Å². The molecule has 10 heteroatoms. The van der Waals surface area contributed by atoms with Crippen LogP contribution in [0.15, 0.2) is 71.6 Å².